The monoisotopic (exact) mass is 363 g/mol. The Balaban J connectivity index is 1.59. The molecule has 3 aromatic rings. The maximum atomic E-state index is 10.5. The van der Waals surface area contributed by atoms with Crippen LogP contribution in [0.5, 0.6) is 5.75 Å². The lowest BCUT2D eigenvalue weighted by atomic mass is 10.2. The highest BCUT2D eigenvalue weighted by Crippen LogP contribution is 2.13. The number of aryl methyl sites for hydroxylation is 1. The van der Waals surface area contributed by atoms with Crippen LogP contribution in [0.25, 0.3) is 0 Å². The lowest BCUT2D eigenvalue weighted by molar-refractivity contribution is 0.0628. The molecular formula is C22H25N3O2. The molecule has 1 aromatic heterocycles. The molecule has 1 heterocycles. The molecule has 0 fully saturated rings. The molecule has 2 aromatic carbocycles. The molecule has 1 N–H and O–H groups in total. The standard InChI is InChI=1S/C22H25N3O2/c1-18-7-9-22(10-8-18)27-16-21(26)15-25(13-19-5-3-2-4-6-19)14-20-11-23-17-24-12-20/h2-12,17,21,26H,13-16H2,1H3. The Bertz CT molecular complexity index is 753. The van der Waals surface area contributed by atoms with Crippen LogP contribution in [0.3, 0.4) is 0 Å². The number of hydrogen-bond donors (Lipinski definition) is 1. The summed E-state index contributed by atoms with van der Waals surface area (Å²) in [4.78, 5) is 10.3. The number of aliphatic hydroxyl groups is 1. The van der Waals surface area contributed by atoms with Crippen molar-refractivity contribution in [2.24, 2.45) is 0 Å². The summed E-state index contributed by atoms with van der Waals surface area (Å²) >= 11 is 0. The number of aromatic nitrogens is 2. The van der Waals surface area contributed by atoms with Crippen LogP contribution < -0.4 is 4.74 Å². The number of benzene rings is 2. The molecule has 5 heteroatoms. The SMILES string of the molecule is Cc1ccc(OCC(O)CN(Cc2ccccc2)Cc2cncnc2)cc1. The van der Waals surface area contributed by atoms with E-state index in [-0.39, 0.29) is 6.61 Å². The van der Waals surface area contributed by atoms with E-state index in [1.165, 1.54) is 17.5 Å². The minimum absolute atomic E-state index is 0.250. The second-order valence-electron chi connectivity index (χ2n) is 6.68. The van der Waals surface area contributed by atoms with Gasteiger partial charge >= 0.3 is 0 Å². The van der Waals surface area contributed by atoms with Crippen LogP contribution >= 0.6 is 0 Å². The van der Waals surface area contributed by atoms with E-state index in [1.54, 1.807) is 12.4 Å². The van der Waals surface area contributed by atoms with E-state index >= 15 is 0 Å². The van der Waals surface area contributed by atoms with Gasteiger partial charge in [0, 0.05) is 37.6 Å². The summed E-state index contributed by atoms with van der Waals surface area (Å²) in [5.41, 5.74) is 3.39. The highest BCUT2D eigenvalue weighted by atomic mass is 16.5. The van der Waals surface area contributed by atoms with Gasteiger partial charge < -0.3 is 9.84 Å². The number of nitrogens with zero attached hydrogens (tertiary/aromatic N) is 3. The Labute approximate surface area is 160 Å². The van der Waals surface area contributed by atoms with Crippen molar-refractivity contribution in [3.05, 3.63) is 90.0 Å². The second kappa shape index (κ2) is 9.80. The topological polar surface area (TPSA) is 58.5 Å². The lowest BCUT2D eigenvalue weighted by Crippen LogP contribution is -2.35. The fourth-order valence-corrected chi connectivity index (χ4v) is 2.87. The zero-order valence-electron chi connectivity index (χ0n) is 15.5. The van der Waals surface area contributed by atoms with E-state index in [2.05, 4.69) is 27.0 Å². The van der Waals surface area contributed by atoms with Crippen molar-refractivity contribution in [1.29, 1.82) is 0 Å². The van der Waals surface area contributed by atoms with Crippen LogP contribution in [0, 0.1) is 6.92 Å². The minimum atomic E-state index is -0.598. The fraction of sp³-hybridized carbons (Fsp3) is 0.273. The van der Waals surface area contributed by atoms with Crippen LogP contribution in [-0.2, 0) is 13.1 Å². The molecule has 0 amide bonds. The Morgan fingerprint density at radius 2 is 1.59 bits per heavy atom. The van der Waals surface area contributed by atoms with Crippen molar-refractivity contribution in [3.8, 4) is 5.75 Å². The first-order valence-electron chi connectivity index (χ1n) is 9.07. The Morgan fingerprint density at radius 1 is 0.926 bits per heavy atom. The van der Waals surface area contributed by atoms with Crippen molar-refractivity contribution in [1.82, 2.24) is 14.9 Å². The largest absolute Gasteiger partial charge is 0.491 e. The quantitative estimate of drug-likeness (QED) is 0.632. The van der Waals surface area contributed by atoms with Crippen LogP contribution in [0.1, 0.15) is 16.7 Å². The molecule has 27 heavy (non-hydrogen) atoms. The van der Waals surface area contributed by atoms with Crippen molar-refractivity contribution in [2.45, 2.75) is 26.1 Å². The number of hydrogen-bond acceptors (Lipinski definition) is 5. The Morgan fingerprint density at radius 3 is 2.30 bits per heavy atom. The van der Waals surface area contributed by atoms with Gasteiger partial charge in [0.05, 0.1) is 0 Å². The molecular weight excluding hydrogens is 338 g/mol. The van der Waals surface area contributed by atoms with Gasteiger partial charge in [-0.15, -0.1) is 0 Å². The van der Waals surface area contributed by atoms with Crippen LogP contribution in [-0.4, -0.2) is 39.2 Å². The molecule has 0 aliphatic rings. The normalized spacial score (nSPS) is 12.1. The molecule has 140 valence electrons. The van der Waals surface area contributed by atoms with Crippen molar-refractivity contribution < 1.29 is 9.84 Å². The van der Waals surface area contributed by atoms with E-state index in [0.29, 0.717) is 13.1 Å². The Hall–Kier alpha value is -2.76. The average molecular weight is 363 g/mol. The minimum Gasteiger partial charge on any atom is -0.491 e. The maximum Gasteiger partial charge on any atom is 0.119 e. The van der Waals surface area contributed by atoms with Gasteiger partial charge in [-0.1, -0.05) is 48.0 Å². The summed E-state index contributed by atoms with van der Waals surface area (Å²) in [6.07, 6.45) is 4.54. The third-order valence-electron chi connectivity index (χ3n) is 4.20. The van der Waals surface area contributed by atoms with Gasteiger partial charge in [0.25, 0.3) is 0 Å². The third-order valence-corrected chi connectivity index (χ3v) is 4.20. The zero-order chi connectivity index (χ0) is 18.9. The molecule has 1 atom stereocenters. The van der Waals surface area contributed by atoms with Gasteiger partial charge in [0.15, 0.2) is 0 Å². The molecule has 0 saturated carbocycles. The van der Waals surface area contributed by atoms with Gasteiger partial charge in [-0.25, -0.2) is 9.97 Å². The molecule has 3 rings (SSSR count). The van der Waals surface area contributed by atoms with E-state index in [4.69, 9.17) is 4.74 Å². The smallest absolute Gasteiger partial charge is 0.119 e. The van der Waals surface area contributed by atoms with Gasteiger partial charge in [-0.2, -0.15) is 0 Å². The predicted octanol–water partition coefficient (Wildman–Crippen LogP) is 3.23. The van der Waals surface area contributed by atoms with E-state index in [9.17, 15) is 5.11 Å². The van der Waals surface area contributed by atoms with E-state index in [1.807, 2.05) is 49.4 Å². The molecule has 0 radical (unpaired) electrons. The predicted molar refractivity (Wildman–Crippen MR) is 105 cm³/mol. The molecule has 5 nitrogen and oxygen atoms in total. The highest BCUT2D eigenvalue weighted by Gasteiger charge is 2.14. The summed E-state index contributed by atoms with van der Waals surface area (Å²) in [7, 11) is 0. The molecule has 0 saturated heterocycles. The zero-order valence-corrected chi connectivity index (χ0v) is 15.5. The molecule has 0 bridgehead atoms. The third kappa shape index (κ3) is 6.47. The molecule has 0 aliphatic heterocycles. The molecule has 0 aliphatic carbocycles. The second-order valence-corrected chi connectivity index (χ2v) is 6.68. The van der Waals surface area contributed by atoms with E-state index < -0.39 is 6.10 Å². The first kappa shape index (κ1) is 19.0. The van der Waals surface area contributed by atoms with Crippen molar-refractivity contribution in [3.63, 3.8) is 0 Å². The summed E-state index contributed by atoms with van der Waals surface area (Å²) in [5, 5.41) is 10.5. The van der Waals surface area contributed by atoms with Gasteiger partial charge in [-0.3, -0.25) is 4.90 Å². The molecule has 1 unspecified atom stereocenters. The summed E-state index contributed by atoms with van der Waals surface area (Å²) < 4.78 is 5.72. The lowest BCUT2D eigenvalue weighted by Gasteiger charge is -2.25. The number of aliphatic hydroxyl groups excluding tert-OH is 1. The fourth-order valence-electron chi connectivity index (χ4n) is 2.87. The summed E-state index contributed by atoms with van der Waals surface area (Å²) in [6.45, 7) is 4.18. The highest BCUT2D eigenvalue weighted by molar-refractivity contribution is 5.26. The van der Waals surface area contributed by atoms with Crippen molar-refractivity contribution >= 4 is 0 Å². The van der Waals surface area contributed by atoms with Crippen LogP contribution in [0.15, 0.2) is 73.3 Å². The first-order valence-corrected chi connectivity index (χ1v) is 9.07. The van der Waals surface area contributed by atoms with Gasteiger partial charge in [0.2, 0.25) is 0 Å². The maximum absolute atomic E-state index is 10.5. The van der Waals surface area contributed by atoms with Crippen LogP contribution in [0.2, 0.25) is 0 Å². The average Bonchev–Trinajstić information content (AvgIpc) is 2.69. The van der Waals surface area contributed by atoms with Gasteiger partial charge in [0.1, 0.15) is 24.8 Å². The van der Waals surface area contributed by atoms with Crippen molar-refractivity contribution in [2.75, 3.05) is 13.2 Å². The van der Waals surface area contributed by atoms with Crippen LogP contribution in [0.4, 0.5) is 0 Å². The number of ether oxygens (including phenoxy) is 1. The molecule has 0 spiro atoms. The first-order chi connectivity index (χ1) is 13.2. The van der Waals surface area contributed by atoms with E-state index in [0.717, 1.165) is 17.9 Å². The summed E-state index contributed by atoms with van der Waals surface area (Å²) in [5.74, 6) is 0.769. The number of rotatable bonds is 9. The van der Waals surface area contributed by atoms with Gasteiger partial charge in [-0.05, 0) is 24.6 Å². The summed E-state index contributed by atoms with van der Waals surface area (Å²) in [6, 6.07) is 18.1. The Kier molecular flexibility index (Phi) is 6.90.